The number of carbonyl (C=O) groups is 1. The standard InChI is InChI=1S/C20H26N2O5S/c1-13(2)22-28(24,25)17-9-10-19(26-5)18(12-17)21-20(23)15(4)27-16-8-6-7-14(3)11-16/h6-13,15,22H,1-5H3,(H,21,23)/t15-/m1/s1. The van der Waals surface area contributed by atoms with Crippen molar-refractivity contribution in [1.82, 2.24) is 4.72 Å². The summed E-state index contributed by atoms with van der Waals surface area (Å²) in [7, 11) is -2.26. The van der Waals surface area contributed by atoms with Gasteiger partial charge in [-0.25, -0.2) is 13.1 Å². The average Bonchev–Trinajstić information content (AvgIpc) is 2.60. The molecule has 0 aromatic heterocycles. The van der Waals surface area contributed by atoms with Crippen molar-refractivity contribution in [3.8, 4) is 11.5 Å². The molecule has 28 heavy (non-hydrogen) atoms. The van der Waals surface area contributed by atoms with Gasteiger partial charge >= 0.3 is 0 Å². The molecule has 0 aliphatic carbocycles. The zero-order valence-electron chi connectivity index (χ0n) is 16.6. The maximum atomic E-state index is 12.6. The smallest absolute Gasteiger partial charge is 0.265 e. The molecule has 0 radical (unpaired) electrons. The lowest BCUT2D eigenvalue weighted by Crippen LogP contribution is -2.31. The number of amides is 1. The number of hydrogen-bond donors (Lipinski definition) is 2. The van der Waals surface area contributed by atoms with Gasteiger partial charge in [0, 0.05) is 6.04 Å². The Morgan fingerprint density at radius 3 is 2.39 bits per heavy atom. The van der Waals surface area contributed by atoms with Crippen LogP contribution in [0.3, 0.4) is 0 Å². The second kappa shape index (κ2) is 9.07. The molecule has 0 bridgehead atoms. The lowest BCUT2D eigenvalue weighted by atomic mass is 10.2. The number of hydrogen-bond acceptors (Lipinski definition) is 5. The molecule has 0 spiro atoms. The molecule has 0 saturated carbocycles. The minimum absolute atomic E-state index is 0.0320. The van der Waals surface area contributed by atoms with Crippen molar-refractivity contribution < 1.29 is 22.7 Å². The Morgan fingerprint density at radius 2 is 1.79 bits per heavy atom. The highest BCUT2D eigenvalue weighted by Gasteiger charge is 2.21. The number of anilines is 1. The normalized spacial score (nSPS) is 12.5. The van der Waals surface area contributed by atoms with E-state index in [-0.39, 0.29) is 16.6 Å². The van der Waals surface area contributed by atoms with E-state index in [1.165, 1.54) is 25.3 Å². The van der Waals surface area contributed by atoms with Gasteiger partial charge in [-0.05, 0) is 63.6 Å². The number of sulfonamides is 1. The van der Waals surface area contributed by atoms with Crippen LogP contribution >= 0.6 is 0 Å². The maximum absolute atomic E-state index is 12.6. The van der Waals surface area contributed by atoms with Crippen LogP contribution in [-0.4, -0.2) is 33.6 Å². The summed E-state index contributed by atoms with van der Waals surface area (Å²) in [6.07, 6.45) is -0.791. The van der Waals surface area contributed by atoms with Gasteiger partial charge in [0.1, 0.15) is 11.5 Å². The average molecular weight is 407 g/mol. The van der Waals surface area contributed by atoms with Gasteiger partial charge in [-0.3, -0.25) is 4.79 Å². The van der Waals surface area contributed by atoms with Gasteiger partial charge in [-0.2, -0.15) is 0 Å². The van der Waals surface area contributed by atoms with Crippen molar-refractivity contribution in [1.29, 1.82) is 0 Å². The Kier molecular flexibility index (Phi) is 7.04. The Hall–Kier alpha value is -2.58. The van der Waals surface area contributed by atoms with Gasteiger partial charge in [-0.15, -0.1) is 0 Å². The Morgan fingerprint density at radius 1 is 1.07 bits per heavy atom. The van der Waals surface area contributed by atoms with E-state index < -0.39 is 22.0 Å². The third-order valence-corrected chi connectivity index (χ3v) is 5.46. The zero-order chi connectivity index (χ0) is 20.9. The number of benzene rings is 2. The molecule has 2 rings (SSSR count). The summed E-state index contributed by atoms with van der Waals surface area (Å²) in [5.41, 5.74) is 1.26. The largest absolute Gasteiger partial charge is 0.495 e. The molecule has 2 N–H and O–H groups in total. The molecule has 0 aliphatic rings. The topological polar surface area (TPSA) is 93.7 Å². The zero-order valence-corrected chi connectivity index (χ0v) is 17.5. The van der Waals surface area contributed by atoms with Gasteiger partial charge in [0.15, 0.2) is 6.10 Å². The van der Waals surface area contributed by atoms with Crippen molar-refractivity contribution in [2.24, 2.45) is 0 Å². The van der Waals surface area contributed by atoms with E-state index in [0.29, 0.717) is 11.5 Å². The lowest BCUT2D eigenvalue weighted by Gasteiger charge is -2.17. The number of aryl methyl sites for hydroxylation is 1. The van der Waals surface area contributed by atoms with E-state index in [1.54, 1.807) is 26.8 Å². The molecule has 2 aromatic carbocycles. The van der Waals surface area contributed by atoms with Crippen molar-refractivity contribution in [3.05, 3.63) is 48.0 Å². The van der Waals surface area contributed by atoms with Crippen molar-refractivity contribution in [2.45, 2.75) is 44.7 Å². The van der Waals surface area contributed by atoms with Crippen molar-refractivity contribution in [3.63, 3.8) is 0 Å². The molecule has 152 valence electrons. The highest BCUT2D eigenvalue weighted by Crippen LogP contribution is 2.28. The van der Waals surface area contributed by atoms with Crippen LogP contribution in [0.5, 0.6) is 11.5 Å². The first-order chi connectivity index (χ1) is 13.1. The molecule has 0 saturated heterocycles. The number of carbonyl (C=O) groups excluding carboxylic acids is 1. The van der Waals surface area contributed by atoms with E-state index in [9.17, 15) is 13.2 Å². The van der Waals surface area contributed by atoms with Gasteiger partial charge < -0.3 is 14.8 Å². The maximum Gasteiger partial charge on any atom is 0.265 e. The quantitative estimate of drug-likeness (QED) is 0.703. The molecule has 8 heteroatoms. The van der Waals surface area contributed by atoms with E-state index in [2.05, 4.69) is 10.0 Å². The molecule has 0 unspecified atom stereocenters. The fourth-order valence-electron chi connectivity index (χ4n) is 2.51. The predicted octanol–water partition coefficient (Wildman–Crippen LogP) is 3.10. The number of rotatable bonds is 8. The van der Waals surface area contributed by atoms with Crippen LogP contribution in [0, 0.1) is 6.92 Å². The van der Waals surface area contributed by atoms with E-state index in [1.807, 2.05) is 25.1 Å². The summed E-state index contributed by atoms with van der Waals surface area (Å²) < 4.78 is 38.2. The second-order valence-electron chi connectivity index (χ2n) is 6.70. The third-order valence-electron chi connectivity index (χ3n) is 3.80. The highest BCUT2D eigenvalue weighted by atomic mass is 32.2. The van der Waals surface area contributed by atoms with Crippen molar-refractivity contribution >= 4 is 21.6 Å². The summed E-state index contributed by atoms with van der Waals surface area (Å²) in [4.78, 5) is 12.6. The monoisotopic (exact) mass is 406 g/mol. The van der Waals surface area contributed by atoms with Crippen LogP contribution in [0.2, 0.25) is 0 Å². The molecule has 0 fully saturated rings. The van der Waals surface area contributed by atoms with E-state index in [4.69, 9.17) is 9.47 Å². The van der Waals surface area contributed by atoms with Gasteiger partial charge in [0.05, 0.1) is 17.7 Å². The van der Waals surface area contributed by atoms with Gasteiger partial charge in [-0.1, -0.05) is 12.1 Å². The van der Waals surface area contributed by atoms with Crippen LogP contribution < -0.4 is 19.5 Å². The van der Waals surface area contributed by atoms with E-state index >= 15 is 0 Å². The number of ether oxygens (including phenoxy) is 2. The molecule has 2 aromatic rings. The van der Waals surface area contributed by atoms with E-state index in [0.717, 1.165) is 5.56 Å². The van der Waals surface area contributed by atoms with Crippen LogP contribution in [0.4, 0.5) is 5.69 Å². The molecule has 0 aliphatic heterocycles. The lowest BCUT2D eigenvalue weighted by molar-refractivity contribution is -0.122. The molecule has 7 nitrogen and oxygen atoms in total. The molecule has 1 atom stereocenters. The van der Waals surface area contributed by atoms with Crippen LogP contribution in [0.25, 0.3) is 0 Å². The summed E-state index contributed by atoms with van der Waals surface area (Å²) >= 11 is 0. The van der Waals surface area contributed by atoms with Crippen LogP contribution in [0.15, 0.2) is 47.4 Å². The second-order valence-corrected chi connectivity index (χ2v) is 8.42. The van der Waals surface area contributed by atoms with Gasteiger partial charge in [0.25, 0.3) is 5.91 Å². The number of nitrogens with one attached hydrogen (secondary N) is 2. The summed E-state index contributed by atoms with van der Waals surface area (Å²) in [6.45, 7) is 7.01. The minimum Gasteiger partial charge on any atom is -0.495 e. The van der Waals surface area contributed by atoms with Crippen LogP contribution in [-0.2, 0) is 14.8 Å². The summed E-state index contributed by atoms with van der Waals surface area (Å²) in [5, 5.41) is 2.68. The first-order valence-electron chi connectivity index (χ1n) is 8.87. The molecular weight excluding hydrogens is 380 g/mol. The first-order valence-corrected chi connectivity index (χ1v) is 10.3. The molecule has 1 amide bonds. The minimum atomic E-state index is -3.70. The van der Waals surface area contributed by atoms with Gasteiger partial charge in [0.2, 0.25) is 10.0 Å². The Balaban J connectivity index is 2.21. The van der Waals surface area contributed by atoms with Crippen LogP contribution in [0.1, 0.15) is 26.3 Å². The summed E-state index contributed by atoms with van der Waals surface area (Å²) in [6, 6.07) is 11.4. The fraction of sp³-hybridized carbons (Fsp3) is 0.350. The number of methoxy groups -OCH3 is 1. The summed E-state index contributed by atoms with van der Waals surface area (Å²) in [5.74, 6) is 0.498. The molecular formula is C20H26N2O5S. The highest BCUT2D eigenvalue weighted by molar-refractivity contribution is 7.89. The fourth-order valence-corrected chi connectivity index (χ4v) is 3.79. The third kappa shape index (κ3) is 5.71. The Bertz CT molecular complexity index is 941. The Labute approximate surface area is 166 Å². The van der Waals surface area contributed by atoms with Crippen molar-refractivity contribution in [2.75, 3.05) is 12.4 Å². The molecule has 0 heterocycles. The predicted molar refractivity (Wildman–Crippen MR) is 108 cm³/mol. The first kappa shape index (κ1) is 21.7. The SMILES string of the molecule is COc1ccc(S(=O)(=O)NC(C)C)cc1NC(=O)[C@@H](C)Oc1cccc(C)c1.